The average Bonchev–Trinajstić information content (AvgIpc) is 2.75. The number of ether oxygens (including phenoxy) is 1. The van der Waals surface area contributed by atoms with Crippen molar-refractivity contribution < 1.29 is 14.3 Å². The Labute approximate surface area is 181 Å². The fourth-order valence-electron chi connectivity index (χ4n) is 3.39. The molecular weight excluding hydrogens is 411 g/mol. The molecule has 0 atom stereocenters. The summed E-state index contributed by atoms with van der Waals surface area (Å²) in [5.41, 5.74) is 1.67. The number of nitrogens with zero attached hydrogens (tertiary/aromatic N) is 2. The van der Waals surface area contributed by atoms with Gasteiger partial charge in [0.15, 0.2) is 0 Å². The van der Waals surface area contributed by atoms with Crippen LogP contribution in [-0.2, 0) is 11.2 Å². The van der Waals surface area contributed by atoms with Gasteiger partial charge >= 0.3 is 0 Å². The van der Waals surface area contributed by atoms with Gasteiger partial charge in [-0.1, -0.05) is 35.3 Å². The van der Waals surface area contributed by atoms with E-state index >= 15 is 0 Å². The monoisotopic (exact) mass is 434 g/mol. The van der Waals surface area contributed by atoms with E-state index in [2.05, 4.69) is 0 Å². The third-order valence-corrected chi connectivity index (χ3v) is 5.82. The fourth-order valence-corrected chi connectivity index (χ4v) is 3.72. The highest BCUT2D eigenvalue weighted by Crippen LogP contribution is 2.23. The molecule has 1 saturated heterocycles. The third-order valence-electron chi connectivity index (χ3n) is 5.08. The number of benzene rings is 2. The molecule has 0 saturated carbocycles. The minimum Gasteiger partial charge on any atom is -0.497 e. The zero-order valence-corrected chi connectivity index (χ0v) is 17.9. The van der Waals surface area contributed by atoms with E-state index in [1.165, 1.54) is 0 Å². The highest BCUT2D eigenvalue weighted by Gasteiger charge is 2.24. The average molecular weight is 435 g/mol. The second-order valence-corrected chi connectivity index (χ2v) is 7.82. The number of amides is 2. The molecule has 154 valence electrons. The van der Waals surface area contributed by atoms with E-state index in [9.17, 15) is 9.59 Å². The van der Waals surface area contributed by atoms with E-state index < -0.39 is 0 Å². The summed E-state index contributed by atoms with van der Waals surface area (Å²) in [4.78, 5) is 28.8. The zero-order valence-electron chi connectivity index (χ0n) is 16.4. The van der Waals surface area contributed by atoms with E-state index in [-0.39, 0.29) is 11.8 Å². The van der Waals surface area contributed by atoms with Gasteiger partial charge in [0.25, 0.3) is 5.91 Å². The van der Waals surface area contributed by atoms with Crippen LogP contribution in [0.2, 0.25) is 10.0 Å². The Morgan fingerprint density at radius 1 is 0.966 bits per heavy atom. The Morgan fingerprint density at radius 3 is 2.38 bits per heavy atom. The van der Waals surface area contributed by atoms with Gasteiger partial charge in [-0.3, -0.25) is 9.59 Å². The van der Waals surface area contributed by atoms with E-state index in [1.54, 1.807) is 36.3 Å². The quantitative estimate of drug-likeness (QED) is 0.680. The van der Waals surface area contributed by atoms with Crippen LogP contribution in [0, 0.1) is 0 Å². The molecular formula is C22H24Cl2N2O3. The lowest BCUT2D eigenvalue weighted by atomic mass is 10.1. The SMILES string of the molecule is COc1cccc(C(=O)N2CCN(C(=O)CCCc3ccc(Cl)c(Cl)c3)CC2)c1. The van der Waals surface area contributed by atoms with Crippen LogP contribution in [0.15, 0.2) is 42.5 Å². The van der Waals surface area contributed by atoms with Gasteiger partial charge in [-0.25, -0.2) is 0 Å². The Hall–Kier alpha value is -2.24. The van der Waals surface area contributed by atoms with Crippen molar-refractivity contribution in [2.75, 3.05) is 33.3 Å². The van der Waals surface area contributed by atoms with E-state index in [1.807, 2.05) is 23.1 Å². The van der Waals surface area contributed by atoms with Crippen molar-refractivity contribution in [1.82, 2.24) is 9.80 Å². The predicted octanol–water partition coefficient (Wildman–Crippen LogP) is 4.31. The topological polar surface area (TPSA) is 49.9 Å². The van der Waals surface area contributed by atoms with Crippen molar-refractivity contribution >= 4 is 35.0 Å². The molecule has 7 heteroatoms. The summed E-state index contributed by atoms with van der Waals surface area (Å²) < 4.78 is 5.19. The Balaban J connectivity index is 1.45. The number of halogens is 2. The van der Waals surface area contributed by atoms with Crippen molar-refractivity contribution in [1.29, 1.82) is 0 Å². The van der Waals surface area contributed by atoms with Gasteiger partial charge in [0.05, 0.1) is 17.2 Å². The van der Waals surface area contributed by atoms with E-state index in [0.29, 0.717) is 54.0 Å². The summed E-state index contributed by atoms with van der Waals surface area (Å²) >= 11 is 12.0. The fraction of sp³-hybridized carbons (Fsp3) is 0.364. The molecule has 0 N–H and O–H groups in total. The van der Waals surface area contributed by atoms with Gasteiger partial charge in [0.2, 0.25) is 5.91 Å². The molecule has 2 amide bonds. The first kappa shape index (κ1) is 21.5. The van der Waals surface area contributed by atoms with Gasteiger partial charge in [0.1, 0.15) is 5.75 Å². The molecule has 5 nitrogen and oxygen atoms in total. The van der Waals surface area contributed by atoms with E-state index in [4.69, 9.17) is 27.9 Å². The number of carbonyl (C=O) groups is 2. The molecule has 3 rings (SSSR count). The minimum absolute atomic E-state index is 0.0318. The van der Waals surface area contributed by atoms with Gasteiger partial charge in [0, 0.05) is 38.2 Å². The number of piperazine rings is 1. The van der Waals surface area contributed by atoms with Gasteiger partial charge < -0.3 is 14.5 Å². The normalized spacial score (nSPS) is 14.0. The van der Waals surface area contributed by atoms with Crippen LogP contribution in [-0.4, -0.2) is 54.9 Å². The summed E-state index contributed by atoms with van der Waals surface area (Å²) in [7, 11) is 1.58. The molecule has 0 aliphatic carbocycles. The molecule has 0 spiro atoms. The van der Waals surface area contributed by atoms with Crippen molar-refractivity contribution in [3.8, 4) is 5.75 Å². The Bertz CT molecular complexity index is 880. The van der Waals surface area contributed by atoms with Crippen LogP contribution in [0.4, 0.5) is 0 Å². The Kier molecular flexibility index (Phi) is 7.40. The number of rotatable bonds is 6. The molecule has 0 aromatic heterocycles. The molecule has 0 bridgehead atoms. The lowest BCUT2D eigenvalue weighted by molar-refractivity contribution is -0.132. The molecule has 2 aromatic carbocycles. The van der Waals surface area contributed by atoms with E-state index in [0.717, 1.165) is 18.4 Å². The van der Waals surface area contributed by atoms with Gasteiger partial charge in [-0.15, -0.1) is 0 Å². The molecule has 0 radical (unpaired) electrons. The summed E-state index contributed by atoms with van der Waals surface area (Å²) in [5, 5.41) is 1.07. The molecule has 1 fully saturated rings. The highest BCUT2D eigenvalue weighted by molar-refractivity contribution is 6.42. The van der Waals surface area contributed by atoms with Crippen molar-refractivity contribution in [3.63, 3.8) is 0 Å². The molecule has 29 heavy (non-hydrogen) atoms. The number of carbonyl (C=O) groups excluding carboxylic acids is 2. The van der Waals surface area contributed by atoms with Crippen LogP contribution >= 0.6 is 23.2 Å². The van der Waals surface area contributed by atoms with Crippen molar-refractivity contribution in [3.05, 3.63) is 63.6 Å². The standard InChI is InChI=1S/C22H24Cl2N2O3/c1-29-18-6-3-5-17(15-18)22(28)26-12-10-25(11-13-26)21(27)7-2-4-16-8-9-19(23)20(24)14-16/h3,5-6,8-9,14-15H,2,4,7,10-13H2,1H3. The molecule has 0 unspecified atom stereocenters. The maximum absolute atomic E-state index is 12.7. The number of hydrogen-bond acceptors (Lipinski definition) is 3. The Morgan fingerprint density at radius 2 is 1.69 bits per heavy atom. The summed E-state index contributed by atoms with van der Waals surface area (Å²) in [6.07, 6.45) is 2.00. The van der Waals surface area contributed by atoms with Gasteiger partial charge in [-0.05, 0) is 48.7 Å². The lowest BCUT2D eigenvalue weighted by Crippen LogP contribution is -2.50. The van der Waals surface area contributed by atoms with Crippen molar-refractivity contribution in [2.45, 2.75) is 19.3 Å². The molecule has 1 aliphatic heterocycles. The second-order valence-electron chi connectivity index (χ2n) is 7.01. The first-order chi connectivity index (χ1) is 14.0. The summed E-state index contributed by atoms with van der Waals surface area (Å²) in [6, 6.07) is 12.7. The first-order valence-electron chi connectivity index (χ1n) is 9.63. The summed E-state index contributed by atoms with van der Waals surface area (Å²) in [6.45, 7) is 2.19. The molecule has 1 aliphatic rings. The highest BCUT2D eigenvalue weighted by atomic mass is 35.5. The lowest BCUT2D eigenvalue weighted by Gasteiger charge is -2.35. The first-order valence-corrected chi connectivity index (χ1v) is 10.4. The molecule has 2 aromatic rings. The van der Waals surface area contributed by atoms with Crippen molar-refractivity contribution in [2.24, 2.45) is 0 Å². The van der Waals surface area contributed by atoms with Crippen LogP contribution in [0.5, 0.6) is 5.75 Å². The van der Waals surface area contributed by atoms with Crippen LogP contribution in [0.1, 0.15) is 28.8 Å². The maximum atomic E-state index is 12.7. The zero-order chi connectivity index (χ0) is 20.8. The smallest absolute Gasteiger partial charge is 0.254 e. The predicted molar refractivity (Wildman–Crippen MR) is 115 cm³/mol. The maximum Gasteiger partial charge on any atom is 0.254 e. The largest absolute Gasteiger partial charge is 0.497 e. The molecule has 1 heterocycles. The van der Waals surface area contributed by atoms with Gasteiger partial charge in [-0.2, -0.15) is 0 Å². The third kappa shape index (κ3) is 5.64. The van der Waals surface area contributed by atoms with Crippen LogP contribution in [0.3, 0.4) is 0 Å². The number of hydrogen-bond donors (Lipinski definition) is 0. The number of aryl methyl sites for hydroxylation is 1. The van der Waals surface area contributed by atoms with Crippen LogP contribution in [0.25, 0.3) is 0 Å². The number of methoxy groups -OCH3 is 1. The summed E-state index contributed by atoms with van der Waals surface area (Å²) in [5.74, 6) is 0.751. The minimum atomic E-state index is -0.0318. The second kappa shape index (κ2) is 9.99. The van der Waals surface area contributed by atoms with Crippen LogP contribution < -0.4 is 4.74 Å².